The second-order valence-electron chi connectivity index (χ2n) is 3.38. The van der Waals surface area contributed by atoms with Crippen molar-refractivity contribution in [3.05, 3.63) is 45.7 Å². The topological polar surface area (TPSA) is 78.2 Å². The summed E-state index contributed by atoms with van der Waals surface area (Å²) in [7, 11) is 1.50. The van der Waals surface area contributed by atoms with E-state index in [9.17, 15) is 10.1 Å². The first-order valence-corrected chi connectivity index (χ1v) is 5.30. The number of nitrogens with zero attached hydrogens (tertiary/aromatic N) is 3. The first kappa shape index (κ1) is 12.3. The first-order chi connectivity index (χ1) is 8.60. The Morgan fingerprint density at radius 1 is 1.39 bits per heavy atom. The molecule has 0 radical (unpaired) electrons. The zero-order valence-electron chi connectivity index (χ0n) is 9.33. The third-order valence-electron chi connectivity index (χ3n) is 2.23. The largest absolute Gasteiger partial charge is 0.481 e. The minimum atomic E-state index is -0.520. The molecule has 0 aromatic carbocycles. The molecule has 0 unspecified atom stereocenters. The van der Waals surface area contributed by atoms with E-state index in [1.807, 2.05) is 0 Å². The zero-order chi connectivity index (χ0) is 13.1. The molecular weight excluding hydrogens is 258 g/mol. The van der Waals surface area contributed by atoms with E-state index in [0.717, 1.165) is 0 Å². The summed E-state index contributed by atoms with van der Waals surface area (Å²) < 4.78 is 4.92. The number of hydrogen-bond acceptors (Lipinski definition) is 5. The lowest BCUT2D eigenvalue weighted by atomic mass is 10.2. The van der Waals surface area contributed by atoms with Crippen molar-refractivity contribution in [1.29, 1.82) is 0 Å². The van der Waals surface area contributed by atoms with Gasteiger partial charge in [0.1, 0.15) is 5.15 Å². The molecule has 0 fully saturated rings. The Labute approximate surface area is 107 Å². The van der Waals surface area contributed by atoms with Crippen LogP contribution in [0.5, 0.6) is 5.88 Å². The minimum absolute atomic E-state index is 0.0648. The number of halogens is 1. The number of ether oxygens (including phenoxy) is 1. The number of methoxy groups -OCH3 is 1. The van der Waals surface area contributed by atoms with E-state index < -0.39 is 4.92 Å². The molecule has 0 aliphatic rings. The highest BCUT2D eigenvalue weighted by atomic mass is 35.5. The maximum Gasteiger partial charge on any atom is 0.274 e. The molecule has 2 aromatic rings. The molecule has 0 atom stereocenters. The second kappa shape index (κ2) is 4.97. The van der Waals surface area contributed by atoms with E-state index in [1.165, 1.54) is 25.4 Å². The SMILES string of the molecule is COc1ccc(-c2cc([N+](=O)[O-])cc(Cl)n2)cn1. The molecule has 6 nitrogen and oxygen atoms in total. The fourth-order valence-electron chi connectivity index (χ4n) is 1.39. The van der Waals surface area contributed by atoms with Crippen molar-refractivity contribution in [2.24, 2.45) is 0 Å². The molecule has 0 N–H and O–H groups in total. The van der Waals surface area contributed by atoms with Crippen LogP contribution in [0.2, 0.25) is 5.15 Å². The molecule has 92 valence electrons. The summed E-state index contributed by atoms with van der Waals surface area (Å²) in [4.78, 5) is 18.2. The molecule has 7 heteroatoms. The lowest BCUT2D eigenvalue weighted by Crippen LogP contribution is -1.93. The van der Waals surface area contributed by atoms with Gasteiger partial charge in [-0.2, -0.15) is 0 Å². The smallest absolute Gasteiger partial charge is 0.274 e. The summed E-state index contributed by atoms with van der Waals surface area (Å²) >= 11 is 5.74. The van der Waals surface area contributed by atoms with Crippen LogP contribution in [0.25, 0.3) is 11.3 Å². The predicted molar refractivity (Wildman–Crippen MR) is 65.7 cm³/mol. The van der Waals surface area contributed by atoms with Crippen LogP contribution in [0.15, 0.2) is 30.5 Å². The first-order valence-electron chi connectivity index (χ1n) is 4.92. The fraction of sp³-hybridized carbons (Fsp3) is 0.0909. The molecule has 0 saturated carbocycles. The van der Waals surface area contributed by atoms with Crippen molar-refractivity contribution in [1.82, 2.24) is 9.97 Å². The predicted octanol–water partition coefficient (Wildman–Crippen LogP) is 2.71. The summed E-state index contributed by atoms with van der Waals surface area (Å²) in [6, 6.07) is 5.88. The Hall–Kier alpha value is -2.21. The Kier molecular flexibility index (Phi) is 3.38. The highest BCUT2D eigenvalue weighted by molar-refractivity contribution is 6.29. The number of nitro groups is 1. The van der Waals surface area contributed by atoms with Crippen LogP contribution in [-0.2, 0) is 0 Å². The monoisotopic (exact) mass is 265 g/mol. The number of pyridine rings is 2. The van der Waals surface area contributed by atoms with Crippen molar-refractivity contribution in [2.45, 2.75) is 0 Å². The Balaban J connectivity index is 2.46. The summed E-state index contributed by atoms with van der Waals surface area (Å²) in [6.45, 7) is 0. The van der Waals surface area contributed by atoms with Gasteiger partial charge in [0, 0.05) is 23.9 Å². The summed E-state index contributed by atoms with van der Waals surface area (Å²) in [5, 5.41) is 10.8. The Morgan fingerprint density at radius 2 is 2.17 bits per heavy atom. The van der Waals surface area contributed by atoms with E-state index >= 15 is 0 Å². The summed E-state index contributed by atoms with van der Waals surface area (Å²) in [5.41, 5.74) is 0.909. The molecule has 0 amide bonds. The highest BCUT2D eigenvalue weighted by Crippen LogP contribution is 2.25. The summed E-state index contributed by atoms with van der Waals surface area (Å²) in [5.74, 6) is 0.454. The van der Waals surface area contributed by atoms with Crippen LogP contribution in [0.3, 0.4) is 0 Å². The molecule has 2 rings (SSSR count). The minimum Gasteiger partial charge on any atom is -0.481 e. The number of aromatic nitrogens is 2. The molecule has 2 heterocycles. The van der Waals surface area contributed by atoms with Crippen LogP contribution in [-0.4, -0.2) is 22.0 Å². The van der Waals surface area contributed by atoms with Gasteiger partial charge in [-0.3, -0.25) is 10.1 Å². The lowest BCUT2D eigenvalue weighted by Gasteiger charge is -2.03. The van der Waals surface area contributed by atoms with Gasteiger partial charge in [0.05, 0.1) is 23.8 Å². The van der Waals surface area contributed by atoms with E-state index in [0.29, 0.717) is 17.1 Å². The van der Waals surface area contributed by atoms with Gasteiger partial charge in [0.25, 0.3) is 5.69 Å². The molecule has 2 aromatic heterocycles. The molecular formula is C11H8ClN3O3. The fourth-order valence-corrected chi connectivity index (χ4v) is 1.59. The van der Waals surface area contributed by atoms with Crippen molar-refractivity contribution >= 4 is 17.3 Å². The zero-order valence-corrected chi connectivity index (χ0v) is 10.1. The number of hydrogen-bond donors (Lipinski definition) is 0. The Bertz CT molecular complexity index is 587. The highest BCUT2D eigenvalue weighted by Gasteiger charge is 2.11. The van der Waals surface area contributed by atoms with Crippen LogP contribution < -0.4 is 4.74 Å². The maximum atomic E-state index is 10.7. The lowest BCUT2D eigenvalue weighted by molar-refractivity contribution is -0.384. The average molecular weight is 266 g/mol. The second-order valence-corrected chi connectivity index (χ2v) is 3.77. The van der Waals surface area contributed by atoms with Gasteiger partial charge in [0.2, 0.25) is 5.88 Å². The van der Waals surface area contributed by atoms with Gasteiger partial charge < -0.3 is 4.74 Å². The maximum absolute atomic E-state index is 10.7. The van der Waals surface area contributed by atoms with E-state index in [-0.39, 0.29) is 10.8 Å². The summed E-state index contributed by atoms with van der Waals surface area (Å²) in [6.07, 6.45) is 1.52. The van der Waals surface area contributed by atoms with Gasteiger partial charge in [-0.1, -0.05) is 11.6 Å². The third kappa shape index (κ3) is 2.54. The van der Waals surface area contributed by atoms with Gasteiger partial charge >= 0.3 is 0 Å². The van der Waals surface area contributed by atoms with Crippen molar-refractivity contribution < 1.29 is 9.66 Å². The van der Waals surface area contributed by atoms with E-state index in [4.69, 9.17) is 16.3 Å². The Morgan fingerprint density at radius 3 is 2.72 bits per heavy atom. The van der Waals surface area contributed by atoms with E-state index in [2.05, 4.69) is 9.97 Å². The number of rotatable bonds is 3. The third-order valence-corrected chi connectivity index (χ3v) is 2.42. The van der Waals surface area contributed by atoms with Crippen LogP contribution in [0, 0.1) is 10.1 Å². The van der Waals surface area contributed by atoms with Crippen LogP contribution >= 0.6 is 11.6 Å². The standard InChI is InChI=1S/C11H8ClN3O3/c1-18-11-3-2-7(6-13-11)9-4-8(15(16)17)5-10(12)14-9/h2-6H,1H3. The molecule has 18 heavy (non-hydrogen) atoms. The van der Waals surface area contributed by atoms with Gasteiger partial charge in [0.15, 0.2) is 0 Å². The van der Waals surface area contributed by atoms with Crippen molar-refractivity contribution in [3.8, 4) is 17.1 Å². The molecule has 0 saturated heterocycles. The van der Waals surface area contributed by atoms with Gasteiger partial charge in [-0.15, -0.1) is 0 Å². The van der Waals surface area contributed by atoms with Crippen LogP contribution in [0.4, 0.5) is 5.69 Å². The van der Waals surface area contributed by atoms with E-state index in [1.54, 1.807) is 12.1 Å². The molecule has 0 bridgehead atoms. The molecule has 0 aliphatic heterocycles. The van der Waals surface area contributed by atoms with Gasteiger partial charge in [-0.25, -0.2) is 9.97 Å². The average Bonchev–Trinajstić information content (AvgIpc) is 2.38. The van der Waals surface area contributed by atoms with Gasteiger partial charge in [-0.05, 0) is 6.07 Å². The molecule has 0 spiro atoms. The quantitative estimate of drug-likeness (QED) is 0.484. The molecule has 0 aliphatic carbocycles. The normalized spacial score (nSPS) is 10.1. The van der Waals surface area contributed by atoms with Crippen LogP contribution in [0.1, 0.15) is 0 Å². The van der Waals surface area contributed by atoms with Crippen molar-refractivity contribution in [3.63, 3.8) is 0 Å². The van der Waals surface area contributed by atoms with Crippen molar-refractivity contribution in [2.75, 3.05) is 7.11 Å².